The van der Waals surface area contributed by atoms with Crippen molar-refractivity contribution in [3.63, 3.8) is 0 Å². The van der Waals surface area contributed by atoms with Crippen molar-refractivity contribution in [1.82, 2.24) is 0 Å². The van der Waals surface area contributed by atoms with Crippen molar-refractivity contribution >= 4 is 11.6 Å². The van der Waals surface area contributed by atoms with Crippen molar-refractivity contribution in [2.75, 3.05) is 0 Å². The predicted octanol–water partition coefficient (Wildman–Crippen LogP) is -0.208. The van der Waals surface area contributed by atoms with Gasteiger partial charge in [-0.15, -0.1) is 0 Å². The van der Waals surface area contributed by atoms with Crippen molar-refractivity contribution in [2.24, 2.45) is 5.41 Å². The summed E-state index contributed by atoms with van der Waals surface area (Å²) in [5.74, 6) is 0. The minimum absolute atomic E-state index is 0.685. The lowest BCUT2D eigenvalue weighted by Gasteiger charge is -2.27. The monoisotopic (exact) mass is 208 g/mol. The predicted molar refractivity (Wildman–Crippen MR) is 45.0 cm³/mol. The molecule has 2 rings (SSSR count). The zero-order valence-electron chi connectivity index (χ0n) is 7.71. The lowest BCUT2D eigenvalue weighted by molar-refractivity contribution is -0.209. The molecule has 13 heavy (non-hydrogen) atoms. The van der Waals surface area contributed by atoms with E-state index in [0.717, 1.165) is 0 Å². The van der Waals surface area contributed by atoms with E-state index < -0.39 is 28.0 Å². The van der Waals surface area contributed by atoms with E-state index in [1.165, 1.54) is 0 Å². The van der Waals surface area contributed by atoms with Crippen LogP contribution in [-0.2, 0) is 4.74 Å². The smallest absolute Gasteiger partial charge is 0.280 e. The number of aliphatic hydroxyl groups is 3. The summed E-state index contributed by atoms with van der Waals surface area (Å²) in [6.07, 6.45) is -0.685. The fraction of sp³-hybridized carbons (Fsp3) is 1.00. The first-order chi connectivity index (χ1) is 5.63. The quantitative estimate of drug-likeness (QED) is 0.482. The summed E-state index contributed by atoms with van der Waals surface area (Å²) in [6, 6.07) is 0. The minimum atomic E-state index is -2.19. The van der Waals surface area contributed by atoms with Crippen molar-refractivity contribution in [3.05, 3.63) is 0 Å². The van der Waals surface area contributed by atoms with Gasteiger partial charge in [-0.05, 0) is 6.92 Å². The van der Waals surface area contributed by atoms with Crippen LogP contribution in [0.3, 0.4) is 0 Å². The standard InChI is InChI=1S/C8H13ClO4/c1-4-6(10)5(2,3)7(6,11)8(9,12)13-4/h4,10-12H,1-3H3/t4-,6+,7-,8-/m1/s1. The molecule has 0 amide bonds. The number of hydrogen-bond donors (Lipinski definition) is 3. The van der Waals surface area contributed by atoms with E-state index in [-0.39, 0.29) is 0 Å². The third-order valence-corrected chi connectivity index (χ3v) is 4.08. The number of ether oxygens (including phenoxy) is 1. The molecule has 1 heterocycles. The van der Waals surface area contributed by atoms with Crippen LogP contribution in [0.15, 0.2) is 0 Å². The summed E-state index contributed by atoms with van der Waals surface area (Å²) < 4.78 is 4.87. The molecule has 0 aromatic heterocycles. The highest BCUT2D eigenvalue weighted by molar-refractivity contribution is 6.23. The van der Waals surface area contributed by atoms with Crippen molar-refractivity contribution in [3.8, 4) is 0 Å². The minimum Gasteiger partial charge on any atom is -0.383 e. The molecule has 0 aromatic rings. The van der Waals surface area contributed by atoms with Gasteiger partial charge in [-0.3, -0.25) is 0 Å². The lowest BCUT2D eigenvalue weighted by Crippen LogP contribution is -2.42. The molecule has 4 atom stereocenters. The van der Waals surface area contributed by atoms with Crippen molar-refractivity contribution in [1.29, 1.82) is 0 Å². The third kappa shape index (κ3) is 0.611. The maximum absolute atomic E-state index is 10.0. The average Bonchev–Trinajstić information content (AvgIpc) is 2.24. The molecule has 3 N–H and O–H groups in total. The topological polar surface area (TPSA) is 69.9 Å². The second kappa shape index (κ2) is 1.90. The number of hydrogen-bond acceptors (Lipinski definition) is 4. The summed E-state index contributed by atoms with van der Waals surface area (Å²) in [5, 5.41) is 27.4. The van der Waals surface area contributed by atoms with E-state index in [1.807, 2.05) is 0 Å². The Morgan fingerprint density at radius 2 is 1.69 bits per heavy atom. The van der Waals surface area contributed by atoms with E-state index in [2.05, 4.69) is 0 Å². The molecule has 1 saturated carbocycles. The van der Waals surface area contributed by atoms with Crippen LogP contribution in [0.25, 0.3) is 0 Å². The van der Waals surface area contributed by atoms with E-state index in [0.29, 0.717) is 0 Å². The van der Waals surface area contributed by atoms with Crippen LogP contribution < -0.4 is 0 Å². The van der Waals surface area contributed by atoms with Gasteiger partial charge in [0.2, 0.25) is 0 Å². The Kier molecular flexibility index (Phi) is 1.41. The van der Waals surface area contributed by atoms with Gasteiger partial charge in [0, 0.05) is 5.41 Å². The van der Waals surface area contributed by atoms with Crippen LogP contribution in [0.1, 0.15) is 20.8 Å². The lowest BCUT2D eigenvalue weighted by atomic mass is 10.0. The average molecular weight is 209 g/mol. The first-order valence-electron chi connectivity index (χ1n) is 4.17. The van der Waals surface area contributed by atoms with Gasteiger partial charge in [0.05, 0.1) is 6.10 Å². The van der Waals surface area contributed by atoms with Gasteiger partial charge in [-0.2, -0.15) is 0 Å². The highest BCUT2D eigenvalue weighted by Gasteiger charge is 2.96. The third-order valence-electron chi connectivity index (χ3n) is 3.71. The molecule has 1 aliphatic heterocycles. The fourth-order valence-electron chi connectivity index (χ4n) is 2.69. The highest BCUT2D eigenvalue weighted by Crippen LogP contribution is 2.76. The molecule has 76 valence electrons. The van der Waals surface area contributed by atoms with Crippen LogP contribution in [0.5, 0.6) is 0 Å². The van der Waals surface area contributed by atoms with Crippen LogP contribution >= 0.6 is 11.6 Å². The second-order valence-corrected chi connectivity index (χ2v) is 4.94. The number of alkyl halides is 1. The van der Waals surface area contributed by atoms with Gasteiger partial charge in [0.15, 0.2) is 5.60 Å². The molecule has 1 saturated heterocycles. The Morgan fingerprint density at radius 1 is 1.23 bits per heavy atom. The van der Waals surface area contributed by atoms with Gasteiger partial charge >= 0.3 is 0 Å². The summed E-state index contributed by atoms with van der Waals surface area (Å²) in [7, 11) is 0. The van der Waals surface area contributed by atoms with Crippen LogP contribution in [0, 0.1) is 5.41 Å². The Morgan fingerprint density at radius 3 is 1.85 bits per heavy atom. The Bertz CT molecular complexity index is 267. The summed E-state index contributed by atoms with van der Waals surface area (Å²) >= 11 is 5.59. The first kappa shape index (κ1) is 9.68. The summed E-state index contributed by atoms with van der Waals surface area (Å²) in [4.78, 5) is 0. The molecule has 0 aromatic carbocycles. The maximum atomic E-state index is 10.0. The SMILES string of the molecule is C[C@H]1O[C@@](O)(Cl)[C@@]2(O)C(C)(C)[C@@]12O. The normalized spacial score (nSPS) is 63.5. The molecule has 0 bridgehead atoms. The molecular formula is C8H13ClO4. The number of halogens is 1. The van der Waals surface area contributed by atoms with Crippen LogP contribution in [0.2, 0.25) is 0 Å². The fourth-order valence-corrected chi connectivity index (χ4v) is 3.20. The van der Waals surface area contributed by atoms with E-state index in [9.17, 15) is 15.3 Å². The van der Waals surface area contributed by atoms with Gasteiger partial charge in [-0.25, -0.2) is 0 Å². The largest absolute Gasteiger partial charge is 0.383 e. The van der Waals surface area contributed by atoms with Crippen LogP contribution in [0.4, 0.5) is 0 Å². The van der Waals surface area contributed by atoms with Crippen molar-refractivity contribution < 1.29 is 20.1 Å². The number of fused-ring (bicyclic) bond motifs is 1. The Hall–Kier alpha value is 0.130. The molecule has 2 fully saturated rings. The zero-order chi connectivity index (χ0) is 10.3. The zero-order valence-corrected chi connectivity index (χ0v) is 8.46. The van der Waals surface area contributed by atoms with Crippen molar-refractivity contribution in [2.45, 2.75) is 43.3 Å². The Labute approximate surface area is 81.1 Å². The van der Waals surface area contributed by atoms with E-state index in [1.54, 1.807) is 20.8 Å². The Balaban J connectivity index is 2.53. The van der Waals surface area contributed by atoms with Gasteiger partial charge in [-0.1, -0.05) is 25.4 Å². The van der Waals surface area contributed by atoms with Gasteiger partial charge < -0.3 is 20.1 Å². The van der Waals surface area contributed by atoms with Gasteiger partial charge in [0.1, 0.15) is 5.60 Å². The number of rotatable bonds is 0. The molecule has 5 heteroatoms. The van der Waals surface area contributed by atoms with E-state index >= 15 is 0 Å². The molecule has 4 nitrogen and oxygen atoms in total. The molecule has 1 aliphatic carbocycles. The maximum Gasteiger partial charge on any atom is 0.280 e. The molecule has 0 unspecified atom stereocenters. The van der Waals surface area contributed by atoms with E-state index in [4.69, 9.17) is 16.3 Å². The first-order valence-corrected chi connectivity index (χ1v) is 4.54. The van der Waals surface area contributed by atoms with Gasteiger partial charge in [0.25, 0.3) is 5.25 Å². The molecule has 0 spiro atoms. The van der Waals surface area contributed by atoms with Crippen LogP contribution in [-0.4, -0.2) is 37.9 Å². The highest BCUT2D eigenvalue weighted by atomic mass is 35.5. The second-order valence-electron chi connectivity index (χ2n) is 4.42. The molecule has 0 radical (unpaired) electrons. The molecule has 2 aliphatic rings. The molecular weight excluding hydrogens is 196 g/mol. The summed E-state index contributed by atoms with van der Waals surface area (Å²) in [6.45, 7) is 4.85. The summed E-state index contributed by atoms with van der Waals surface area (Å²) in [5.41, 5.74) is -4.10.